The van der Waals surface area contributed by atoms with Crippen molar-refractivity contribution < 1.29 is 22.3 Å². The zero-order chi connectivity index (χ0) is 30.7. The van der Waals surface area contributed by atoms with E-state index in [9.17, 15) is 13.2 Å². The minimum atomic E-state index is -4.13. The molecule has 8 nitrogen and oxygen atoms in total. The molecule has 1 aromatic carbocycles. The predicted octanol–water partition coefficient (Wildman–Crippen LogP) is 6.04. The molecule has 6 rings (SSSR count). The van der Waals surface area contributed by atoms with Gasteiger partial charge in [0.05, 0.1) is 28.4 Å². The number of aromatic nitrogens is 1. The van der Waals surface area contributed by atoms with Crippen molar-refractivity contribution in [3.8, 4) is 0 Å². The fourth-order valence-corrected chi connectivity index (χ4v) is 8.08. The molecule has 4 heterocycles. The lowest BCUT2D eigenvalue weighted by Crippen LogP contribution is -2.48. The molecule has 0 bridgehead atoms. The van der Waals surface area contributed by atoms with Gasteiger partial charge < -0.3 is 14.5 Å². The molecule has 0 saturated heterocycles. The Bertz CT molecular complexity index is 1700. The number of nitrogens with zero attached hydrogens (tertiary/aromatic N) is 4. The van der Waals surface area contributed by atoms with E-state index in [0.717, 1.165) is 16.7 Å². The molecule has 2 unspecified atom stereocenters. The van der Waals surface area contributed by atoms with Gasteiger partial charge in [0, 0.05) is 49.2 Å². The molecule has 226 valence electrons. The molecule has 43 heavy (non-hydrogen) atoms. The number of rotatable bonds is 3. The molecule has 0 spiro atoms. The van der Waals surface area contributed by atoms with Crippen molar-refractivity contribution in [2.45, 2.75) is 69.5 Å². The van der Waals surface area contributed by atoms with Crippen LogP contribution >= 0.6 is 0 Å². The van der Waals surface area contributed by atoms with Crippen LogP contribution in [0, 0.1) is 6.92 Å². The van der Waals surface area contributed by atoms with Crippen LogP contribution in [0.4, 0.5) is 9.18 Å². The molecule has 0 N–H and O–H groups in total. The summed E-state index contributed by atoms with van der Waals surface area (Å²) in [4.78, 5) is 21.4. The van der Waals surface area contributed by atoms with Gasteiger partial charge in [-0.1, -0.05) is 23.8 Å². The number of aryl methyl sites for hydroxylation is 1. The first-order valence-corrected chi connectivity index (χ1v) is 16.1. The third kappa shape index (κ3) is 5.26. The zero-order valence-corrected chi connectivity index (χ0v) is 26.0. The van der Waals surface area contributed by atoms with E-state index in [-0.39, 0.29) is 22.6 Å². The van der Waals surface area contributed by atoms with Gasteiger partial charge in [0.1, 0.15) is 11.4 Å². The first-order valence-electron chi connectivity index (χ1n) is 14.6. The summed E-state index contributed by atoms with van der Waals surface area (Å²) in [7, 11) is -2.19. The molecule has 2 aromatic rings. The smallest absolute Gasteiger partial charge is 0.410 e. The Hall–Kier alpha value is -3.92. The standard InChI is InChI=1S/C33H37FN4O4S/c1-21-10-12-24(13-11-21)43(40,41)38-27(22-8-7-16-37(17-14-22)32(39)42-33(2,3)4)19-28-29-23(20-36(28)5)18-26(34)25-9-6-15-35-30(25)31(29)38/h6,8-13,15,18,20,27-28H,7,14,16-17,19H2,1-5H3. The van der Waals surface area contributed by atoms with E-state index in [1.54, 1.807) is 47.5 Å². The highest BCUT2D eigenvalue weighted by Gasteiger charge is 2.48. The van der Waals surface area contributed by atoms with E-state index >= 15 is 4.39 Å². The number of ether oxygens (including phenoxy) is 1. The number of benzene rings is 1. The molecular weight excluding hydrogens is 567 g/mol. The van der Waals surface area contributed by atoms with Crippen LogP contribution in [0.15, 0.2) is 82.6 Å². The highest BCUT2D eigenvalue weighted by Crippen LogP contribution is 2.50. The van der Waals surface area contributed by atoms with Crippen molar-refractivity contribution in [1.29, 1.82) is 0 Å². The Labute approximate surface area is 252 Å². The van der Waals surface area contributed by atoms with Crippen molar-refractivity contribution >= 4 is 27.6 Å². The quantitative estimate of drug-likeness (QED) is 0.397. The lowest BCUT2D eigenvalue weighted by atomic mass is 9.85. The topological polar surface area (TPSA) is 83.1 Å². The van der Waals surface area contributed by atoms with Crippen molar-refractivity contribution in [1.82, 2.24) is 19.1 Å². The number of carbonyl (C=O) groups excluding carboxylic acids is 1. The zero-order valence-electron chi connectivity index (χ0n) is 25.2. The van der Waals surface area contributed by atoms with Gasteiger partial charge in [-0.25, -0.2) is 17.6 Å². The van der Waals surface area contributed by atoms with Crippen molar-refractivity contribution in [3.63, 3.8) is 0 Å². The molecule has 1 amide bonds. The number of amides is 1. The highest BCUT2D eigenvalue weighted by molar-refractivity contribution is 7.89. The Morgan fingerprint density at radius 2 is 1.84 bits per heavy atom. The molecule has 3 aliphatic heterocycles. The second-order valence-electron chi connectivity index (χ2n) is 12.6. The van der Waals surface area contributed by atoms with E-state index in [1.807, 2.05) is 45.8 Å². The third-order valence-electron chi connectivity index (χ3n) is 8.39. The average Bonchev–Trinajstić information content (AvgIpc) is 3.09. The molecule has 2 atom stereocenters. The minimum absolute atomic E-state index is 0.159. The van der Waals surface area contributed by atoms with Crippen LogP contribution in [0.3, 0.4) is 0 Å². The van der Waals surface area contributed by atoms with E-state index in [1.165, 1.54) is 10.4 Å². The highest BCUT2D eigenvalue weighted by atomic mass is 32.2. The van der Waals surface area contributed by atoms with Crippen molar-refractivity contribution in [2.24, 2.45) is 0 Å². The SMILES string of the molecule is Cc1ccc(S(=O)(=O)N2C3=C4C(=CN(C)C4CC2C2=CCCN(C(=O)OC(C)(C)C)CC2)C=C(F)c2cccnc23)cc1. The monoisotopic (exact) mass is 604 g/mol. The van der Waals surface area contributed by atoms with Crippen LogP contribution < -0.4 is 0 Å². The average molecular weight is 605 g/mol. The summed E-state index contributed by atoms with van der Waals surface area (Å²) in [6.07, 6.45) is 8.14. The Kier molecular flexibility index (Phi) is 7.23. The summed E-state index contributed by atoms with van der Waals surface area (Å²) in [5.74, 6) is -0.455. The summed E-state index contributed by atoms with van der Waals surface area (Å²) in [5.41, 5.74) is 3.62. The largest absolute Gasteiger partial charge is 0.444 e. The number of hydrogen-bond donors (Lipinski definition) is 0. The van der Waals surface area contributed by atoms with Gasteiger partial charge in [0.25, 0.3) is 10.0 Å². The molecule has 0 saturated carbocycles. The van der Waals surface area contributed by atoms with Crippen molar-refractivity contribution in [2.75, 3.05) is 20.1 Å². The fraction of sp³-hybridized carbons (Fsp3) is 0.394. The second kappa shape index (κ2) is 10.7. The number of hydrogen-bond acceptors (Lipinski definition) is 6. The molecular formula is C33H37FN4O4S. The maximum atomic E-state index is 15.7. The van der Waals surface area contributed by atoms with E-state index in [2.05, 4.69) is 11.1 Å². The van der Waals surface area contributed by atoms with Crippen LogP contribution in [0.1, 0.15) is 56.9 Å². The lowest BCUT2D eigenvalue weighted by molar-refractivity contribution is 0.0258. The van der Waals surface area contributed by atoms with E-state index < -0.39 is 27.5 Å². The van der Waals surface area contributed by atoms with Gasteiger partial charge in [-0.05, 0) is 82.9 Å². The summed E-state index contributed by atoms with van der Waals surface area (Å²) in [5, 5.41) is 0. The van der Waals surface area contributed by atoms with Crippen LogP contribution in [-0.2, 0) is 14.8 Å². The van der Waals surface area contributed by atoms with Gasteiger partial charge in [-0.2, -0.15) is 0 Å². The first kappa shape index (κ1) is 29.2. The minimum Gasteiger partial charge on any atom is -0.444 e. The van der Waals surface area contributed by atoms with Crippen LogP contribution in [0.2, 0.25) is 0 Å². The molecule has 0 fully saturated rings. The Balaban J connectivity index is 1.49. The predicted molar refractivity (Wildman–Crippen MR) is 164 cm³/mol. The Morgan fingerprint density at radius 3 is 2.56 bits per heavy atom. The van der Waals surface area contributed by atoms with Gasteiger partial charge in [0.2, 0.25) is 0 Å². The lowest BCUT2D eigenvalue weighted by Gasteiger charge is -2.44. The van der Waals surface area contributed by atoms with Gasteiger partial charge >= 0.3 is 6.09 Å². The van der Waals surface area contributed by atoms with Crippen molar-refractivity contribution in [3.05, 3.63) is 94.5 Å². The maximum absolute atomic E-state index is 15.7. The Morgan fingerprint density at radius 1 is 1.09 bits per heavy atom. The maximum Gasteiger partial charge on any atom is 0.410 e. The molecule has 0 radical (unpaired) electrons. The normalized spacial score (nSPS) is 22.2. The first-order chi connectivity index (χ1) is 20.3. The molecule has 10 heteroatoms. The number of sulfonamides is 1. The third-order valence-corrected chi connectivity index (χ3v) is 10.2. The fourth-order valence-electron chi connectivity index (χ4n) is 6.39. The molecule has 1 aliphatic carbocycles. The number of pyridine rings is 1. The van der Waals surface area contributed by atoms with Crippen LogP contribution in [-0.4, -0.2) is 71.4 Å². The van der Waals surface area contributed by atoms with E-state index in [4.69, 9.17) is 4.74 Å². The van der Waals surface area contributed by atoms with Crippen LogP contribution in [0.5, 0.6) is 0 Å². The number of allylic oxidation sites excluding steroid dienone is 1. The molecule has 4 aliphatic rings. The summed E-state index contributed by atoms with van der Waals surface area (Å²) in [6.45, 7) is 8.29. The number of fused-ring (bicyclic) bond motifs is 2. The second-order valence-corrected chi connectivity index (χ2v) is 14.4. The summed E-state index contributed by atoms with van der Waals surface area (Å²) >= 11 is 0. The summed E-state index contributed by atoms with van der Waals surface area (Å²) < 4.78 is 52.3. The van der Waals surface area contributed by atoms with Gasteiger partial charge in [-0.15, -0.1) is 0 Å². The summed E-state index contributed by atoms with van der Waals surface area (Å²) in [6, 6.07) is 9.37. The van der Waals surface area contributed by atoms with Crippen LogP contribution in [0.25, 0.3) is 11.5 Å². The number of halogens is 1. The van der Waals surface area contributed by atoms with E-state index in [0.29, 0.717) is 49.3 Å². The van der Waals surface area contributed by atoms with Gasteiger partial charge in [0.15, 0.2) is 0 Å². The molecule has 1 aromatic heterocycles. The van der Waals surface area contributed by atoms with Gasteiger partial charge in [-0.3, -0.25) is 9.29 Å². The number of likely N-dealkylation sites (N-methyl/N-ethyl adjacent to an activating group) is 1. The number of carbonyl (C=O) groups is 1.